The average Bonchev–Trinajstić information content (AvgIpc) is 2.98. The molecule has 0 radical (unpaired) electrons. The normalized spacial score (nSPS) is 37.7. The number of hydrogen-bond acceptors (Lipinski definition) is 7. The molecule has 9 heteroatoms. The van der Waals surface area contributed by atoms with Crippen LogP contribution in [0.3, 0.4) is 0 Å². The maximum atomic E-state index is 13.1. The van der Waals surface area contributed by atoms with E-state index in [1.54, 1.807) is 0 Å². The van der Waals surface area contributed by atoms with Gasteiger partial charge in [-0.25, -0.2) is 0 Å². The first-order chi connectivity index (χ1) is 12.6. The van der Waals surface area contributed by atoms with Crippen molar-refractivity contribution in [2.45, 2.75) is 30.8 Å². The Morgan fingerprint density at radius 2 is 1.78 bits per heavy atom. The second-order valence-corrected chi connectivity index (χ2v) is 7.26. The smallest absolute Gasteiger partial charge is 0.309 e. The first-order valence-corrected chi connectivity index (χ1v) is 8.27. The third kappa shape index (κ3) is 1.97. The quantitative estimate of drug-likeness (QED) is 0.282. The maximum absolute atomic E-state index is 13.1. The van der Waals surface area contributed by atoms with Crippen molar-refractivity contribution in [1.29, 1.82) is 0 Å². The summed E-state index contributed by atoms with van der Waals surface area (Å²) in [5, 5.41) is 51.7. The molecule has 0 amide bonds. The van der Waals surface area contributed by atoms with Crippen molar-refractivity contribution >= 4 is 17.3 Å². The number of nitrogens with zero attached hydrogens (tertiary/aromatic N) is 2. The fraction of sp³-hybridized carbons (Fsp3) is 0.389. The molecular weight excluding hydrogens is 356 g/mol. The summed E-state index contributed by atoms with van der Waals surface area (Å²) >= 11 is 0. The molecule has 9 nitrogen and oxygen atoms in total. The SMILES string of the molecule is C[C@]1(O)[C@H](O)C2=C(C3C(=O)c4cccc(O)c4C(=O)C3C2=[N+]=[N-])[C@H](O)[C@H]1O. The molecule has 140 valence electrons. The topological polar surface area (TPSA) is 172 Å². The fourth-order valence-corrected chi connectivity index (χ4v) is 4.42. The highest BCUT2D eigenvalue weighted by molar-refractivity contribution is 6.29. The number of rotatable bonds is 0. The van der Waals surface area contributed by atoms with Crippen LogP contribution in [0.15, 0.2) is 29.3 Å². The molecule has 0 saturated carbocycles. The molecule has 6 atom stereocenters. The Bertz CT molecular complexity index is 989. The number of phenols is 1. The van der Waals surface area contributed by atoms with E-state index in [4.69, 9.17) is 0 Å². The zero-order valence-corrected chi connectivity index (χ0v) is 14.1. The van der Waals surface area contributed by atoms with E-state index in [9.17, 15) is 40.7 Å². The molecular formula is C18H16N2O7. The predicted molar refractivity (Wildman–Crippen MR) is 88.0 cm³/mol. The summed E-state index contributed by atoms with van der Waals surface area (Å²) in [6, 6.07) is 3.97. The van der Waals surface area contributed by atoms with Gasteiger partial charge in [-0.1, -0.05) is 12.1 Å². The summed E-state index contributed by atoms with van der Waals surface area (Å²) in [5.41, 5.74) is 6.21. The third-order valence-electron chi connectivity index (χ3n) is 5.82. The van der Waals surface area contributed by atoms with Crippen molar-refractivity contribution in [1.82, 2.24) is 0 Å². The van der Waals surface area contributed by atoms with E-state index in [2.05, 4.69) is 4.79 Å². The van der Waals surface area contributed by atoms with E-state index >= 15 is 0 Å². The number of benzene rings is 1. The Morgan fingerprint density at radius 3 is 2.41 bits per heavy atom. The molecule has 0 aromatic heterocycles. The van der Waals surface area contributed by atoms with Gasteiger partial charge in [-0.3, -0.25) is 9.59 Å². The molecule has 0 aliphatic heterocycles. The average molecular weight is 372 g/mol. The lowest BCUT2D eigenvalue weighted by atomic mass is 9.70. The Labute approximate surface area is 152 Å². The molecule has 2 unspecified atom stereocenters. The highest BCUT2D eigenvalue weighted by Gasteiger charge is 2.65. The van der Waals surface area contributed by atoms with Crippen LogP contribution in [0.1, 0.15) is 27.6 Å². The lowest BCUT2D eigenvalue weighted by Crippen LogP contribution is -2.60. The molecule has 3 aliphatic carbocycles. The molecule has 4 rings (SSSR count). The van der Waals surface area contributed by atoms with Crippen LogP contribution in [0.5, 0.6) is 5.75 Å². The van der Waals surface area contributed by atoms with Crippen molar-refractivity contribution in [3.63, 3.8) is 0 Å². The summed E-state index contributed by atoms with van der Waals surface area (Å²) < 4.78 is 0. The van der Waals surface area contributed by atoms with Gasteiger partial charge in [0, 0.05) is 5.56 Å². The van der Waals surface area contributed by atoms with Crippen LogP contribution in [-0.4, -0.2) is 71.5 Å². The van der Waals surface area contributed by atoms with Gasteiger partial charge in [0.05, 0.1) is 17.1 Å². The second kappa shape index (κ2) is 5.41. The van der Waals surface area contributed by atoms with Gasteiger partial charge in [0.2, 0.25) is 0 Å². The first-order valence-electron chi connectivity index (χ1n) is 8.27. The van der Waals surface area contributed by atoms with Crippen LogP contribution < -0.4 is 0 Å². The molecule has 0 spiro atoms. The highest BCUT2D eigenvalue weighted by atomic mass is 16.4. The van der Waals surface area contributed by atoms with E-state index in [0.29, 0.717) is 0 Å². The summed E-state index contributed by atoms with van der Waals surface area (Å²) in [6.07, 6.45) is -5.40. The first kappa shape index (κ1) is 17.7. The maximum Gasteiger partial charge on any atom is 0.309 e. The number of Topliss-reactive ketones (excluding diaryl/α,β-unsaturated/α-hetero) is 2. The third-order valence-corrected chi connectivity index (χ3v) is 5.82. The van der Waals surface area contributed by atoms with Gasteiger partial charge in [0.1, 0.15) is 35.6 Å². The number of aromatic hydroxyl groups is 1. The van der Waals surface area contributed by atoms with E-state index < -0.39 is 53.1 Å². The van der Waals surface area contributed by atoms with Crippen molar-refractivity contribution in [3.8, 4) is 5.75 Å². The number of hydrogen-bond donors (Lipinski definition) is 5. The number of aliphatic hydroxyl groups excluding tert-OH is 3. The van der Waals surface area contributed by atoms with Gasteiger partial charge in [-0.05, 0) is 18.6 Å². The molecule has 3 aliphatic rings. The molecule has 0 fully saturated rings. The van der Waals surface area contributed by atoms with Gasteiger partial charge in [-0.15, -0.1) is 0 Å². The molecule has 1 aromatic carbocycles. The minimum Gasteiger partial charge on any atom is -0.507 e. The molecule has 0 saturated heterocycles. The zero-order chi connectivity index (χ0) is 19.8. The number of ketones is 2. The van der Waals surface area contributed by atoms with Gasteiger partial charge in [0.25, 0.3) is 0 Å². The summed E-state index contributed by atoms with van der Waals surface area (Å²) in [6.45, 7) is 1.08. The Kier molecular flexibility index (Phi) is 3.55. The zero-order valence-electron chi connectivity index (χ0n) is 14.1. The van der Waals surface area contributed by atoms with Crippen LogP contribution in [0, 0.1) is 11.8 Å². The van der Waals surface area contributed by atoms with E-state index in [1.165, 1.54) is 18.2 Å². The van der Waals surface area contributed by atoms with Crippen LogP contribution >= 0.6 is 0 Å². The van der Waals surface area contributed by atoms with Crippen molar-refractivity contribution in [3.05, 3.63) is 46.0 Å². The number of carbonyl (C=O) groups is 2. The highest BCUT2D eigenvalue weighted by Crippen LogP contribution is 2.50. The largest absolute Gasteiger partial charge is 0.507 e. The van der Waals surface area contributed by atoms with Gasteiger partial charge >= 0.3 is 5.71 Å². The lowest BCUT2D eigenvalue weighted by molar-refractivity contribution is -0.159. The predicted octanol–water partition coefficient (Wildman–Crippen LogP) is -1.17. The Hall–Kier alpha value is -2.68. The van der Waals surface area contributed by atoms with Crippen LogP contribution in [0.2, 0.25) is 0 Å². The number of aliphatic hydroxyl groups is 4. The fourth-order valence-electron chi connectivity index (χ4n) is 4.42. The van der Waals surface area contributed by atoms with Gasteiger partial charge in [0.15, 0.2) is 11.6 Å². The lowest BCUT2D eigenvalue weighted by Gasteiger charge is -2.41. The molecule has 1 aromatic rings. The molecule has 27 heavy (non-hydrogen) atoms. The summed E-state index contributed by atoms with van der Waals surface area (Å²) in [5.74, 6) is -4.47. The monoisotopic (exact) mass is 372 g/mol. The van der Waals surface area contributed by atoms with Crippen LogP contribution in [0.25, 0.3) is 5.53 Å². The minimum absolute atomic E-state index is 0.0687. The van der Waals surface area contributed by atoms with Crippen molar-refractivity contribution in [2.75, 3.05) is 0 Å². The number of carbonyl (C=O) groups excluding carboxylic acids is 2. The Balaban J connectivity index is 2.01. The summed E-state index contributed by atoms with van der Waals surface area (Å²) in [7, 11) is 0. The Morgan fingerprint density at radius 1 is 1.11 bits per heavy atom. The van der Waals surface area contributed by atoms with Gasteiger partial charge in [-0.2, -0.15) is 4.79 Å². The minimum atomic E-state index is -2.21. The number of phenolic OH excluding ortho intramolecular Hbond substituents is 1. The van der Waals surface area contributed by atoms with Crippen molar-refractivity contribution < 1.29 is 39.9 Å². The molecule has 0 bridgehead atoms. The van der Waals surface area contributed by atoms with Crippen molar-refractivity contribution in [2.24, 2.45) is 11.8 Å². The van der Waals surface area contributed by atoms with E-state index in [-0.39, 0.29) is 28.0 Å². The second-order valence-electron chi connectivity index (χ2n) is 7.26. The summed E-state index contributed by atoms with van der Waals surface area (Å²) in [4.78, 5) is 29.1. The number of fused-ring (bicyclic) bond motifs is 3. The van der Waals surface area contributed by atoms with Crippen LogP contribution in [0.4, 0.5) is 0 Å². The standard InChI is InChI=1S/C18H16N2O7/c1-18(27)16(25)11-9(15(24)17(18)26)8-10(12(11)20-19)14(23)7-5(13(8)22)3-2-4-6(7)21/h2-4,8,10,15-17,21,24-27H,1H3/t8?,10?,15-,16+,17+,18-/m0/s1. The molecule has 5 N–H and O–H groups in total. The van der Waals surface area contributed by atoms with E-state index in [0.717, 1.165) is 6.92 Å². The van der Waals surface area contributed by atoms with Crippen LogP contribution in [-0.2, 0) is 0 Å². The van der Waals surface area contributed by atoms with Gasteiger partial charge < -0.3 is 31.1 Å². The molecule has 0 heterocycles. The van der Waals surface area contributed by atoms with E-state index in [1.807, 2.05) is 0 Å².